The van der Waals surface area contributed by atoms with Crippen LogP contribution in [0.25, 0.3) is 0 Å². The SMILES string of the molecule is C[C@H]1N(N=O)C(=O)O[C@]1(C)C(C)(C)C. The smallest absolute Gasteiger partial charge is 0.434 e. The Kier molecular flexibility index (Phi) is 2.29. The molecule has 1 saturated heterocycles. The van der Waals surface area contributed by atoms with Gasteiger partial charge in [-0.15, -0.1) is 4.91 Å². The van der Waals surface area contributed by atoms with Gasteiger partial charge < -0.3 is 4.74 Å². The van der Waals surface area contributed by atoms with Crippen molar-refractivity contribution >= 4 is 6.09 Å². The van der Waals surface area contributed by atoms with Crippen LogP contribution in [0.5, 0.6) is 0 Å². The van der Waals surface area contributed by atoms with Gasteiger partial charge in [0.1, 0.15) is 5.60 Å². The molecule has 1 heterocycles. The summed E-state index contributed by atoms with van der Waals surface area (Å²) in [6.45, 7) is 9.47. The molecule has 0 aliphatic carbocycles. The van der Waals surface area contributed by atoms with Crippen LogP contribution in [-0.4, -0.2) is 22.7 Å². The van der Waals surface area contributed by atoms with Gasteiger partial charge in [-0.1, -0.05) is 20.8 Å². The second-order valence-corrected chi connectivity index (χ2v) is 4.83. The first-order valence-corrected chi connectivity index (χ1v) is 4.59. The summed E-state index contributed by atoms with van der Waals surface area (Å²) < 4.78 is 5.22. The van der Waals surface area contributed by atoms with E-state index in [4.69, 9.17) is 4.74 Å². The van der Waals surface area contributed by atoms with Crippen LogP contribution in [0.4, 0.5) is 4.79 Å². The third-order valence-corrected chi connectivity index (χ3v) is 3.23. The van der Waals surface area contributed by atoms with E-state index in [0.717, 1.165) is 5.01 Å². The summed E-state index contributed by atoms with van der Waals surface area (Å²) in [4.78, 5) is 21.7. The Balaban J connectivity index is 3.06. The van der Waals surface area contributed by atoms with Crippen LogP contribution in [-0.2, 0) is 4.74 Å². The van der Waals surface area contributed by atoms with Gasteiger partial charge in [-0.2, -0.15) is 5.01 Å². The molecule has 0 N–H and O–H groups in total. The summed E-state index contributed by atoms with van der Waals surface area (Å²) in [5.74, 6) is 0. The van der Waals surface area contributed by atoms with E-state index in [0.29, 0.717) is 0 Å². The van der Waals surface area contributed by atoms with Gasteiger partial charge in [-0.3, -0.25) is 0 Å². The number of amides is 1. The Hall–Kier alpha value is -1.13. The van der Waals surface area contributed by atoms with Crippen molar-refractivity contribution in [2.24, 2.45) is 10.7 Å². The highest BCUT2D eigenvalue weighted by atomic mass is 16.6. The highest BCUT2D eigenvalue weighted by Gasteiger charge is 2.56. The number of nitroso groups, excluding NO2 is 1. The van der Waals surface area contributed by atoms with Gasteiger partial charge in [0.2, 0.25) is 0 Å². The van der Waals surface area contributed by atoms with Gasteiger partial charge in [0.25, 0.3) is 0 Å². The van der Waals surface area contributed by atoms with Crippen LogP contribution >= 0.6 is 0 Å². The average molecular weight is 200 g/mol. The summed E-state index contributed by atoms with van der Waals surface area (Å²) in [6, 6.07) is -0.340. The molecule has 1 rings (SSSR count). The first-order valence-electron chi connectivity index (χ1n) is 4.59. The second-order valence-electron chi connectivity index (χ2n) is 4.83. The van der Waals surface area contributed by atoms with Gasteiger partial charge >= 0.3 is 6.09 Å². The van der Waals surface area contributed by atoms with Crippen molar-refractivity contribution < 1.29 is 9.53 Å². The molecule has 0 aromatic rings. The van der Waals surface area contributed by atoms with Crippen LogP contribution in [0.3, 0.4) is 0 Å². The van der Waals surface area contributed by atoms with E-state index in [1.54, 1.807) is 6.92 Å². The minimum absolute atomic E-state index is 0.235. The summed E-state index contributed by atoms with van der Waals surface area (Å²) in [6.07, 6.45) is -0.662. The fourth-order valence-electron chi connectivity index (χ4n) is 1.59. The minimum atomic E-state index is -0.683. The highest BCUT2D eigenvalue weighted by Crippen LogP contribution is 2.43. The predicted octanol–water partition coefficient (Wildman–Crippen LogP) is 2.31. The van der Waals surface area contributed by atoms with Gasteiger partial charge in [0, 0.05) is 5.41 Å². The van der Waals surface area contributed by atoms with E-state index in [-0.39, 0.29) is 11.5 Å². The van der Waals surface area contributed by atoms with E-state index in [1.165, 1.54) is 0 Å². The van der Waals surface area contributed by atoms with Crippen molar-refractivity contribution in [1.82, 2.24) is 5.01 Å². The van der Waals surface area contributed by atoms with Crippen LogP contribution in [0.2, 0.25) is 0 Å². The van der Waals surface area contributed by atoms with Crippen molar-refractivity contribution in [3.63, 3.8) is 0 Å². The number of hydrogen-bond acceptors (Lipinski definition) is 4. The van der Waals surface area contributed by atoms with Crippen molar-refractivity contribution in [1.29, 1.82) is 0 Å². The van der Waals surface area contributed by atoms with Gasteiger partial charge in [-0.25, -0.2) is 4.79 Å². The molecule has 14 heavy (non-hydrogen) atoms. The molecule has 0 radical (unpaired) electrons. The van der Waals surface area contributed by atoms with Crippen LogP contribution in [0.1, 0.15) is 34.6 Å². The molecule has 0 spiro atoms. The van der Waals surface area contributed by atoms with Gasteiger partial charge in [0.15, 0.2) is 0 Å². The Labute approximate surface area is 83.4 Å². The molecule has 5 heteroatoms. The Morgan fingerprint density at radius 1 is 1.50 bits per heavy atom. The number of carbonyl (C=O) groups excluding carboxylic acids is 1. The summed E-state index contributed by atoms with van der Waals surface area (Å²) in [5, 5.41) is 3.52. The molecule has 1 amide bonds. The summed E-state index contributed by atoms with van der Waals surface area (Å²) >= 11 is 0. The zero-order valence-electron chi connectivity index (χ0n) is 9.20. The lowest BCUT2D eigenvalue weighted by Gasteiger charge is -2.39. The number of cyclic esters (lactones) is 1. The standard InChI is InChI=1S/C9H16N2O3/c1-6-9(5,8(2,3)4)14-7(12)11(6)10-13/h6H,1-5H3/t6-,9+/m1/s1. The van der Waals surface area contributed by atoms with E-state index >= 15 is 0 Å². The molecule has 0 aromatic heterocycles. The maximum Gasteiger partial charge on any atom is 0.434 e. The van der Waals surface area contributed by atoms with Crippen LogP contribution < -0.4 is 0 Å². The Morgan fingerprint density at radius 3 is 2.21 bits per heavy atom. The molecule has 80 valence electrons. The quantitative estimate of drug-likeness (QED) is 0.610. The molecule has 1 aliphatic rings. The van der Waals surface area contributed by atoms with Gasteiger partial charge in [0.05, 0.1) is 11.3 Å². The van der Waals surface area contributed by atoms with E-state index in [9.17, 15) is 9.70 Å². The first-order chi connectivity index (χ1) is 6.24. The summed E-state index contributed by atoms with van der Waals surface area (Å²) in [5.41, 5.74) is -0.917. The third-order valence-electron chi connectivity index (χ3n) is 3.23. The largest absolute Gasteiger partial charge is 0.439 e. The first kappa shape index (κ1) is 10.9. The fraction of sp³-hybridized carbons (Fsp3) is 0.889. The lowest BCUT2D eigenvalue weighted by atomic mass is 9.74. The topological polar surface area (TPSA) is 59.0 Å². The van der Waals surface area contributed by atoms with Crippen molar-refractivity contribution in [2.75, 3.05) is 0 Å². The monoisotopic (exact) mass is 200 g/mol. The molecule has 1 aliphatic heterocycles. The predicted molar refractivity (Wildman–Crippen MR) is 51.4 cm³/mol. The summed E-state index contributed by atoms with van der Waals surface area (Å²) in [7, 11) is 0. The lowest BCUT2D eigenvalue weighted by Crippen LogP contribution is -2.49. The van der Waals surface area contributed by atoms with Crippen molar-refractivity contribution in [3.8, 4) is 0 Å². The zero-order valence-corrected chi connectivity index (χ0v) is 9.20. The molecule has 0 aromatic carbocycles. The Morgan fingerprint density at radius 2 is 2.00 bits per heavy atom. The van der Waals surface area contributed by atoms with E-state index in [1.807, 2.05) is 27.7 Å². The molecule has 0 saturated carbocycles. The number of carbonyl (C=O) groups is 1. The number of rotatable bonds is 1. The minimum Gasteiger partial charge on any atom is -0.439 e. The van der Waals surface area contributed by atoms with Crippen LogP contribution in [0, 0.1) is 10.3 Å². The van der Waals surface area contributed by atoms with Gasteiger partial charge in [-0.05, 0) is 13.8 Å². The maximum absolute atomic E-state index is 11.3. The number of nitrogens with zero attached hydrogens (tertiary/aromatic N) is 2. The molecular weight excluding hydrogens is 184 g/mol. The van der Waals surface area contributed by atoms with Crippen molar-refractivity contribution in [2.45, 2.75) is 46.3 Å². The van der Waals surface area contributed by atoms with E-state index < -0.39 is 11.7 Å². The molecule has 5 nitrogen and oxygen atoms in total. The highest BCUT2D eigenvalue weighted by molar-refractivity contribution is 5.71. The van der Waals surface area contributed by atoms with E-state index in [2.05, 4.69) is 5.29 Å². The average Bonchev–Trinajstić information content (AvgIpc) is 2.23. The number of ether oxygens (including phenoxy) is 1. The second kappa shape index (κ2) is 2.93. The van der Waals surface area contributed by atoms with Crippen molar-refractivity contribution in [3.05, 3.63) is 4.91 Å². The molecule has 0 unspecified atom stereocenters. The zero-order chi connectivity index (χ0) is 11.1. The normalized spacial score (nSPS) is 33.1. The molecular formula is C9H16N2O3. The number of hydrogen-bond donors (Lipinski definition) is 0. The maximum atomic E-state index is 11.3. The molecule has 0 bridgehead atoms. The molecule has 1 fully saturated rings. The third kappa shape index (κ3) is 1.27. The fourth-order valence-corrected chi connectivity index (χ4v) is 1.59. The lowest BCUT2D eigenvalue weighted by molar-refractivity contribution is -0.0364. The Bertz CT molecular complexity index is 272. The van der Waals surface area contributed by atoms with Crippen LogP contribution in [0.15, 0.2) is 5.29 Å². The molecule has 2 atom stereocenters.